The van der Waals surface area contributed by atoms with Gasteiger partial charge in [-0.1, -0.05) is 90.9 Å². The molecule has 0 aliphatic rings. The molecule has 0 aliphatic carbocycles. The SMILES string of the molecule is CCCCCCCCCCCC(=O)N[C@@H](CSC)[C@@H](O)CCCCCC. The molecule has 0 fully saturated rings. The number of nitrogens with one attached hydrogen (secondary N) is 1. The summed E-state index contributed by atoms with van der Waals surface area (Å²) in [6, 6.07) is -0.0994. The van der Waals surface area contributed by atoms with Crippen molar-refractivity contribution in [1.82, 2.24) is 5.32 Å². The number of hydrogen-bond acceptors (Lipinski definition) is 3. The summed E-state index contributed by atoms with van der Waals surface area (Å²) in [7, 11) is 0. The lowest BCUT2D eigenvalue weighted by molar-refractivity contribution is -0.122. The van der Waals surface area contributed by atoms with Gasteiger partial charge in [0.15, 0.2) is 0 Å². The largest absolute Gasteiger partial charge is 0.391 e. The van der Waals surface area contributed by atoms with Crippen LogP contribution >= 0.6 is 11.8 Å². The van der Waals surface area contributed by atoms with Crippen LogP contribution in [0.1, 0.15) is 110 Å². The summed E-state index contributed by atoms with van der Waals surface area (Å²) in [6.45, 7) is 4.44. The van der Waals surface area contributed by atoms with Gasteiger partial charge in [-0.25, -0.2) is 0 Å². The minimum Gasteiger partial charge on any atom is -0.391 e. The predicted molar refractivity (Wildman–Crippen MR) is 117 cm³/mol. The van der Waals surface area contributed by atoms with Gasteiger partial charge in [0, 0.05) is 12.2 Å². The first-order chi connectivity index (χ1) is 12.7. The molecule has 1 amide bonds. The van der Waals surface area contributed by atoms with Crippen LogP contribution in [0.2, 0.25) is 0 Å². The van der Waals surface area contributed by atoms with Crippen LogP contribution in [-0.2, 0) is 4.79 Å². The lowest BCUT2D eigenvalue weighted by Crippen LogP contribution is -2.45. The molecule has 4 heteroatoms. The molecule has 0 aromatic heterocycles. The van der Waals surface area contributed by atoms with Gasteiger partial charge in [0.05, 0.1) is 12.1 Å². The quantitative estimate of drug-likeness (QED) is 0.264. The summed E-state index contributed by atoms with van der Waals surface area (Å²) in [5, 5.41) is 13.5. The van der Waals surface area contributed by atoms with Crippen LogP contribution in [0, 0.1) is 0 Å². The summed E-state index contributed by atoms with van der Waals surface area (Å²) in [4.78, 5) is 12.2. The number of aliphatic hydroxyl groups is 1. The van der Waals surface area contributed by atoms with E-state index < -0.39 is 6.10 Å². The molecule has 0 saturated carbocycles. The molecule has 156 valence electrons. The van der Waals surface area contributed by atoms with E-state index in [0.717, 1.165) is 31.4 Å². The third kappa shape index (κ3) is 16.0. The number of carbonyl (C=O) groups is 1. The van der Waals surface area contributed by atoms with Crippen molar-refractivity contribution in [2.24, 2.45) is 0 Å². The molecule has 0 aliphatic heterocycles. The van der Waals surface area contributed by atoms with E-state index >= 15 is 0 Å². The van der Waals surface area contributed by atoms with E-state index in [-0.39, 0.29) is 11.9 Å². The molecule has 0 unspecified atom stereocenters. The van der Waals surface area contributed by atoms with E-state index in [0.29, 0.717) is 6.42 Å². The first-order valence-corrected chi connectivity index (χ1v) is 12.5. The van der Waals surface area contributed by atoms with E-state index in [1.807, 2.05) is 6.26 Å². The molecule has 0 saturated heterocycles. The summed E-state index contributed by atoms with van der Waals surface area (Å²) < 4.78 is 0. The zero-order valence-electron chi connectivity index (χ0n) is 17.7. The Morgan fingerprint density at radius 3 is 1.88 bits per heavy atom. The van der Waals surface area contributed by atoms with E-state index in [2.05, 4.69) is 19.2 Å². The topological polar surface area (TPSA) is 49.3 Å². The summed E-state index contributed by atoms with van der Waals surface area (Å²) in [6.07, 6.45) is 19.1. The highest BCUT2D eigenvalue weighted by atomic mass is 32.2. The minimum atomic E-state index is -0.411. The average molecular weight is 388 g/mol. The van der Waals surface area contributed by atoms with Gasteiger partial charge in [0.25, 0.3) is 0 Å². The van der Waals surface area contributed by atoms with Gasteiger partial charge in [0.1, 0.15) is 0 Å². The van der Waals surface area contributed by atoms with Crippen LogP contribution < -0.4 is 5.32 Å². The molecule has 2 atom stereocenters. The molecule has 2 N–H and O–H groups in total. The van der Waals surface area contributed by atoms with Crippen molar-refractivity contribution in [2.75, 3.05) is 12.0 Å². The molecule has 0 bridgehead atoms. The highest BCUT2D eigenvalue weighted by molar-refractivity contribution is 7.98. The van der Waals surface area contributed by atoms with Crippen LogP contribution in [0.5, 0.6) is 0 Å². The molecule has 0 radical (unpaired) electrons. The Kier molecular flexibility index (Phi) is 19.4. The molecule has 0 aromatic rings. The lowest BCUT2D eigenvalue weighted by Gasteiger charge is -2.23. The second-order valence-corrected chi connectivity index (χ2v) is 8.54. The third-order valence-corrected chi connectivity index (χ3v) is 5.71. The summed E-state index contributed by atoms with van der Waals surface area (Å²) >= 11 is 1.69. The number of thioether (sulfide) groups is 1. The maximum Gasteiger partial charge on any atom is 0.220 e. The Hall–Kier alpha value is -0.220. The fourth-order valence-electron chi connectivity index (χ4n) is 3.29. The Labute approximate surface area is 167 Å². The summed E-state index contributed by atoms with van der Waals surface area (Å²) in [5.41, 5.74) is 0. The first kappa shape index (κ1) is 25.8. The zero-order valence-corrected chi connectivity index (χ0v) is 18.5. The molecule has 3 nitrogen and oxygen atoms in total. The third-order valence-electron chi connectivity index (χ3n) is 5.02. The summed E-state index contributed by atoms with van der Waals surface area (Å²) in [5.74, 6) is 0.901. The van der Waals surface area contributed by atoms with E-state index in [4.69, 9.17) is 0 Å². The van der Waals surface area contributed by atoms with Gasteiger partial charge in [-0.15, -0.1) is 0 Å². The van der Waals surface area contributed by atoms with Crippen LogP contribution in [0.15, 0.2) is 0 Å². The Balaban J connectivity index is 3.79. The second kappa shape index (κ2) is 19.5. The molecule has 0 heterocycles. The van der Waals surface area contributed by atoms with Crippen molar-refractivity contribution in [1.29, 1.82) is 0 Å². The lowest BCUT2D eigenvalue weighted by atomic mass is 10.0. The fourth-order valence-corrected chi connectivity index (χ4v) is 3.95. The van der Waals surface area contributed by atoms with Crippen molar-refractivity contribution in [3.8, 4) is 0 Å². The van der Waals surface area contributed by atoms with Gasteiger partial charge < -0.3 is 10.4 Å². The average Bonchev–Trinajstić information content (AvgIpc) is 2.63. The van der Waals surface area contributed by atoms with E-state index in [9.17, 15) is 9.90 Å². The molecule has 0 rings (SSSR count). The Bertz CT molecular complexity index is 313. The molecular weight excluding hydrogens is 342 g/mol. The molecular formula is C22H45NO2S. The maximum absolute atomic E-state index is 12.2. The van der Waals surface area contributed by atoms with Gasteiger partial charge in [-0.05, 0) is 19.1 Å². The highest BCUT2D eigenvalue weighted by Gasteiger charge is 2.20. The fraction of sp³-hybridized carbons (Fsp3) is 0.955. The maximum atomic E-state index is 12.2. The predicted octanol–water partition coefficient (Wildman–Crippen LogP) is 6.09. The number of unbranched alkanes of at least 4 members (excludes halogenated alkanes) is 11. The van der Waals surface area contributed by atoms with Crippen molar-refractivity contribution >= 4 is 17.7 Å². The van der Waals surface area contributed by atoms with Crippen molar-refractivity contribution in [2.45, 2.75) is 122 Å². The monoisotopic (exact) mass is 387 g/mol. The minimum absolute atomic E-state index is 0.0994. The number of amides is 1. The van der Waals surface area contributed by atoms with Crippen LogP contribution in [0.3, 0.4) is 0 Å². The highest BCUT2D eigenvalue weighted by Crippen LogP contribution is 2.13. The van der Waals surface area contributed by atoms with Crippen molar-refractivity contribution < 1.29 is 9.90 Å². The van der Waals surface area contributed by atoms with Gasteiger partial charge in [-0.3, -0.25) is 4.79 Å². The van der Waals surface area contributed by atoms with Crippen molar-refractivity contribution in [3.63, 3.8) is 0 Å². The molecule has 0 aromatic carbocycles. The van der Waals surface area contributed by atoms with Crippen LogP contribution in [0.4, 0.5) is 0 Å². The van der Waals surface area contributed by atoms with E-state index in [1.54, 1.807) is 11.8 Å². The van der Waals surface area contributed by atoms with Crippen LogP contribution in [0.25, 0.3) is 0 Å². The second-order valence-electron chi connectivity index (χ2n) is 7.62. The number of aliphatic hydroxyl groups excluding tert-OH is 1. The standard InChI is InChI=1S/C22H45NO2S/c1-4-6-8-10-11-12-13-14-16-18-22(25)23-20(19-26-3)21(24)17-15-9-7-5-2/h20-21,24H,4-19H2,1-3H3,(H,23,25)/t20-,21-/m0/s1. The smallest absolute Gasteiger partial charge is 0.220 e. The molecule has 26 heavy (non-hydrogen) atoms. The van der Waals surface area contributed by atoms with Gasteiger partial charge in [0.2, 0.25) is 5.91 Å². The van der Waals surface area contributed by atoms with Gasteiger partial charge in [-0.2, -0.15) is 11.8 Å². The van der Waals surface area contributed by atoms with Gasteiger partial charge >= 0.3 is 0 Å². The van der Waals surface area contributed by atoms with Crippen LogP contribution in [-0.4, -0.2) is 35.2 Å². The number of hydrogen-bond donors (Lipinski definition) is 2. The Morgan fingerprint density at radius 1 is 0.846 bits per heavy atom. The number of carbonyl (C=O) groups excluding carboxylic acids is 1. The normalized spacial score (nSPS) is 13.5. The van der Waals surface area contributed by atoms with Crippen molar-refractivity contribution in [3.05, 3.63) is 0 Å². The number of rotatable bonds is 19. The first-order valence-electron chi connectivity index (χ1n) is 11.1. The Morgan fingerprint density at radius 2 is 1.35 bits per heavy atom. The zero-order chi connectivity index (χ0) is 19.5. The van der Waals surface area contributed by atoms with E-state index in [1.165, 1.54) is 64.2 Å². The molecule has 0 spiro atoms.